The van der Waals surface area contributed by atoms with Crippen molar-refractivity contribution < 1.29 is 4.79 Å². The summed E-state index contributed by atoms with van der Waals surface area (Å²) in [6, 6.07) is 12.3. The van der Waals surface area contributed by atoms with Crippen molar-refractivity contribution >= 4 is 17.1 Å². The van der Waals surface area contributed by atoms with Crippen molar-refractivity contribution in [1.29, 1.82) is 0 Å². The number of carbonyl (C=O) groups excluding carboxylic acids is 1. The number of carbonyl (C=O) groups is 1. The maximum Gasteiger partial charge on any atom is 0.150 e. The Hall–Kier alpha value is -1.89. The standard InChI is InChI=1S/C25H34O/c1-3-4-5-6-7-8-9-13-21(2)14-12-16-23-19-18-22-15-10-11-17-24(22)25(23)20-26/h10-12,14-15,17-21H,3-9,13,16H2,1-2H3. The number of aldehydes is 1. The first kappa shape index (κ1) is 20.4. The quantitative estimate of drug-likeness (QED) is 0.220. The maximum atomic E-state index is 11.6. The van der Waals surface area contributed by atoms with E-state index in [-0.39, 0.29) is 0 Å². The lowest BCUT2D eigenvalue weighted by Gasteiger charge is -2.08. The Kier molecular flexibility index (Phi) is 9.17. The van der Waals surface area contributed by atoms with Gasteiger partial charge in [0.2, 0.25) is 0 Å². The van der Waals surface area contributed by atoms with Gasteiger partial charge in [-0.05, 0) is 35.1 Å². The zero-order valence-electron chi connectivity index (χ0n) is 16.5. The van der Waals surface area contributed by atoms with Gasteiger partial charge in [0.1, 0.15) is 0 Å². The van der Waals surface area contributed by atoms with Crippen LogP contribution in [0.25, 0.3) is 10.8 Å². The molecule has 2 rings (SSSR count). The zero-order chi connectivity index (χ0) is 18.6. The maximum absolute atomic E-state index is 11.6. The smallest absolute Gasteiger partial charge is 0.150 e. The summed E-state index contributed by atoms with van der Waals surface area (Å²) in [6.45, 7) is 4.57. The fourth-order valence-corrected chi connectivity index (χ4v) is 3.60. The van der Waals surface area contributed by atoms with Crippen molar-refractivity contribution in [2.45, 2.75) is 71.6 Å². The predicted octanol–water partition coefficient (Wildman–Crippen LogP) is 7.53. The van der Waals surface area contributed by atoms with Crippen LogP contribution in [0.3, 0.4) is 0 Å². The summed E-state index contributed by atoms with van der Waals surface area (Å²) < 4.78 is 0. The molecule has 0 amide bonds. The molecule has 0 aromatic heterocycles. The molecule has 26 heavy (non-hydrogen) atoms. The molecule has 0 aliphatic carbocycles. The fourth-order valence-electron chi connectivity index (χ4n) is 3.60. The molecule has 0 aliphatic rings. The molecular weight excluding hydrogens is 316 g/mol. The SMILES string of the molecule is CCCCCCCCCC(C)C=CCc1ccc2ccccc2c1C=O. The molecule has 0 aliphatic heterocycles. The van der Waals surface area contributed by atoms with E-state index in [2.05, 4.69) is 44.2 Å². The van der Waals surface area contributed by atoms with E-state index in [1.807, 2.05) is 18.2 Å². The largest absolute Gasteiger partial charge is 0.298 e. The number of fused-ring (bicyclic) bond motifs is 1. The van der Waals surface area contributed by atoms with Crippen LogP contribution in [0.5, 0.6) is 0 Å². The molecule has 0 bridgehead atoms. The fraction of sp³-hybridized carbons (Fsp3) is 0.480. The van der Waals surface area contributed by atoms with Gasteiger partial charge >= 0.3 is 0 Å². The van der Waals surface area contributed by atoms with Crippen LogP contribution < -0.4 is 0 Å². The Morgan fingerprint density at radius 2 is 1.65 bits per heavy atom. The van der Waals surface area contributed by atoms with E-state index in [0.29, 0.717) is 5.92 Å². The number of benzene rings is 2. The van der Waals surface area contributed by atoms with E-state index in [1.165, 1.54) is 51.4 Å². The van der Waals surface area contributed by atoms with Crippen LogP contribution in [0.4, 0.5) is 0 Å². The lowest BCUT2D eigenvalue weighted by atomic mass is 9.96. The lowest BCUT2D eigenvalue weighted by Crippen LogP contribution is -1.94. The van der Waals surface area contributed by atoms with E-state index in [1.54, 1.807) is 0 Å². The Morgan fingerprint density at radius 1 is 0.923 bits per heavy atom. The second-order valence-electron chi connectivity index (χ2n) is 7.50. The van der Waals surface area contributed by atoms with E-state index < -0.39 is 0 Å². The first-order valence-electron chi connectivity index (χ1n) is 10.4. The van der Waals surface area contributed by atoms with Gasteiger partial charge in [0, 0.05) is 5.56 Å². The average molecular weight is 351 g/mol. The highest BCUT2D eigenvalue weighted by Crippen LogP contribution is 2.22. The molecule has 2 aromatic rings. The highest BCUT2D eigenvalue weighted by molar-refractivity contribution is 5.99. The Morgan fingerprint density at radius 3 is 2.42 bits per heavy atom. The number of hydrogen-bond acceptors (Lipinski definition) is 1. The molecule has 1 heteroatoms. The molecule has 1 unspecified atom stereocenters. The van der Waals surface area contributed by atoms with Gasteiger partial charge in [0.25, 0.3) is 0 Å². The van der Waals surface area contributed by atoms with Gasteiger partial charge in [-0.3, -0.25) is 4.79 Å². The number of rotatable bonds is 12. The third-order valence-electron chi connectivity index (χ3n) is 5.24. The lowest BCUT2D eigenvalue weighted by molar-refractivity contribution is 0.112. The summed E-state index contributed by atoms with van der Waals surface area (Å²) in [5.41, 5.74) is 1.96. The van der Waals surface area contributed by atoms with Crippen LogP contribution in [-0.2, 0) is 6.42 Å². The molecule has 0 spiro atoms. The molecule has 0 saturated heterocycles. The van der Waals surface area contributed by atoms with Crippen LogP contribution in [0.15, 0.2) is 48.6 Å². The third-order valence-corrected chi connectivity index (χ3v) is 5.24. The van der Waals surface area contributed by atoms with Crippen molar-refractivity contribution in [3.05, 3.63) is 59.7 Å². The molecule has 0 radical (unpaired) electrons. The molecule has 0 saturated carbocycles. The van der Waals surface area contributed by atoms with Crippen molar-refractivity contribution in [3.63, 3.8) is 0 Å². The van der Waals surface area contributed by atoms with Crippen LogP contribution in [0.2, 0.25) is 0 Å². The van der Waals surface area contributed by atoms with Crippen molar-refractivity contribution in [1.82, 2.24) is 0 Å². The highest BCUT2D eigenvalue weighted by atomic mass is 16.1. The van der Waals surface area contributed by atoms with Crippen LogP contribution >= 0.6 is 0 Å². The van der Waals surface area contributed by atoms with E-state index in [0.717, 1.165) is 34.6 Å². The summed E-state index contributed by atoms with van der Waals surface area (Å²) in [7, 11) is 0. The van der Waals surface area contributed by atoms with Gasteiger partial charge in [-0.2, -0.15) is 0 Å². The topological polar surface area (TPSA) is 17.1 Å². The summed E-state index contributed by atoms with van der Waals surface area (Å²) >= 11 is 0. The molecule has 0 N–H and O–H groups in total. The summed E-state index contributed by atoms with van der Waals surface area (Å²) in [6.07, 6.45) is 17.2. The Labute approximate surface area is 159 Å². The van der Waals surface area contributed by atoms with Gasteiger partial charge in [-0.25, -0.2) is 0 Å². The third kappa shape index (κ3) is 6.44. The molecule has 0 heterocycles. The van der Waals surface area contributed by atoms with Gasteiger partial charge in [-0.1, -0.05) is 107 Å². The summed E-state index contributed by atoms with van der Waals surface area (Å²) in [5.74, 6) is 0.616. The first-order valence-corrected chi connectivity index (χ1v) is 10.4. The van der Waals surface area contributed by atoms with E-state index in [9.17, 15) is 4.79 Å². The minimum absolute atomic E-state index is 0.616. The van der Waals surface area contributed by atoms with Crippen LogP contribution in [-0.4, -0.2) is 6.29 Å². The Balaban J connectivity index is 1.79. The van der Waals surface area contributed by atoms with Crippen molar-refractivity contribution in [2.75, 3.05) is 0 Å². The van der Waals surface area contributed by atoms with Gasteiger partial charge in [0.15, 0.2) is 6.29 Å². The van der Waals surface area contributed by atoms with Crippen molar-refractivity contribution in [2.24, 2.45) is 5.92 Å². The Bertz CT molecular complexity index is 698. The number of unbranched alkanes of at least 4 members (excludes halogenated alkanes) is 6. The van der Waals surface area contributed by atoms with Gasteiger partial charge in [-0.15, -0.1) is 0 Å². The minimum atomic E-state index is 0.616. The summed E-state index contributed by atoms with van der Waals surface area (Å²) in [5, 5.41) is 2.19. The van der Waals surface area contributed by atoms with E-state index >= 15 is 0 Å². The van der Waals surface area contributed by atoms with Gasteiger partial charge < -0.3 is 0 Å². The average Bonchev–Trinajstić information content (AvgIpc) is 2.67. The number of allylic oxidation sites excluding steroid dienone is 2. The minimum Gasteiger partial charge on any atom is -0.298 e. The molecule has 1 nitrogen and oxygen atoms in total. The molecule has 2 aromatic carbocycles. The molecule has 1 atom stereocenters. The molecule has 140 valence electrons. The number of hydrogen-bond donors (Lipinski definition) is 0. The molecule has 0 fully saturated rings. The zero-order valence-corrected chi connectivity index (χ0v) is 16.5. The monoisotopic (exact) mass is 350 g/mol. The van der Waals surface area contributed by atoms with Crippen molar-refractivity contribution in [3.8, 4) is 0 Å². The summed E-state index contributed by atoms with van der Waals surface area (Å²) in [4.78, 5) is 11.6. The highest BCUT2D eigenvalue weighted by Gasteiger charge is 2.05. The predicted molar refractivity (Wildman–Crippen MR) is 114 cm³/mol. The first-order chi connectivity index (χ1) is 12.8. The normalized spacial score (nSPS) is 12.7. The second kappa shape index (κ2) is 11.7. The van der Waals surface area contributed by atoms with Crippen LogP contribution in [0.1, 0.15) is 81.1 Å². The van der Waals surface area contributed by atoms with Gasteiger partial charge in [0.05, 0.1) is 0 Å². The van der Waals surface area contributed by atoms with Crippen LogP contribution in [0, 0.1) is 5.92 Å². The van der Waals surface area contributed by atoms with E-state index in [4.69, 9.17) is 0 Å². The molecular formula is C25H34O. The second-order valence-corrected chi connectivity index (χ2v) is 7.50.